The first-order valence-electron chi connectivity index (χ1n) is 7.54. The standard InChI is InChI=1S/C16H26N2O/c1-3-8-17-15(12-14-6-10-19-11-7-14)16-13(2)5-4-9-18-16/h4-5,9,14-15,17H,3,6-8,10-12H2,1-2H3. The van der Waals surface area contributed by atoms with E-state index in [1.807, 2.05) is 12.3 Å². The quantitative estimate of drug-likeness (QED) is 0.854. The van der Waals surface area contributed by atoms with Crippen LogP contribution >= 0.6 is 0 Å². The molecule has 1 unspecified atom stereocenters. The van der Waals surface area contributed by atoms with Crippen molar-refractivity contribution in [1.82, 2.24) is 10.3 Å². The molecule has 1 saturated heterocycles. The van der Waals surface area contributed by atoms with E-state index in [-0.39, 0.29) is 0 Å². The van der Waals surface area contributed by atoms with Gasteiger partial charge in [-0.15, -0.1) is 0 Å². The highest BCUT2D eigenvalue weighted by Crippen LogP contribution is 2.28. The Hall–Kier alpha value is -0.930. The number of aromatic nitrogens is 1. The van der Waals surface area contributed by atoms with Gasteiger partial charge in [0.15, 0.2) is 0 Å². The lowest BCUT2D eigenvalue weighted by atomic mass is 9.90. The molecule has 0 bridgehead atoms. The van der Waals surface area contributed by atoms with Gasteiger partial charge in [-0.1, -0.05) is 13.0 Å². The van der Waals surface area contributed by atoms with Crippen molar-refractivity contribution < 1.29 is 4.74 Å². The highest BCUT2D eigenvalue weighted by atomic mass is 16.5. The summed E-state index contributed by atoms with van der Waals surface area (Å²) in [5.41, 5.74) is 2.52. The van der Waals surface area contributed by atoms with Crippen molar-refractivity contribution in [2.45, 2.75) is 45.6 Å². The topological polar surface area (TPSA) is 34.1 Å². The molecule has 1 N–H and O–H groups in total. The minimum atomic E-state index is 0.393. The minimum Gasteiger partial charge on any atom is -0.381 e. The Morgan fingerprint density at radius 3 is 2.89 bits per heavy atom. The molecule has 0 amide bonds. The Balaban J connectivity index is 2.04. The maximum absolute atomic E-state index is 5.46. The molecule has 1 aromatic heterocycles. The molecular weight excluding hydrogens is 236 g/mol. The number of rotatable bonds is 6. The van der Waals surface area contributed by atoms with Gasteiger partial charge in [-0.25, -0.2) is 0 Å². The Morgan fingerprint density at radius 2 is 2.21 bits per heavy atom. The SMILES string of the molecule is CCCNC(CC1CCOCC1)c1ncccc1C. The van der Waals surface area contributed by atoms with E-state index in [0.29, 0.717) is 6.04 Å². The van der Waals surface area contributed by atoms with Gasteiger partial charge in [-0.3, -0.25) is 4.98 Å². The van der Waals surface area contributed by atoms with E-state index in [1.165, 1.54) is 30.5 Å². The van der Waals surface area contributed by atoms with E-state index >= 15 is 0 Å². The summed E-state index contributed by atoms with van der Waals surface area (Å²) in [7, 11) is 0. The van der Waals surface area contributed by atoms with Crippen molar-refractivity contribution in [3.05, 3.63) is 29.6 Å². The molecule has 2 rings (SSSR count). The molecule has 0 saturated carbocycles. The van der Waals surface area contributed by atoms with Crippen LogP contribution < -0.4 is 5.32 Å². The van der Waals surface area contributed by atoms with Crippen molar-refractivity contribution in [2.75, 3.05) is 19.8 Å². The molecule has 3 nitrogen and oxygen atoms in total. The average molecular weight is 262 g/mol. The van der Waals surface area contributed by atoms with E-state index in [2.05, 4.69) is 30.2 Å². The van der Waals surface area contributed by atoms with Crippen LogP contribution in [0.1, 0.15) is 49.9 Å². The van der Waals surface area contributed by atoms with E-state index in [0.717, 1.165) is 32.1 Å². The lowest BCUT2D eigenvalue weighted by Crippen LogP contribution is -2.28. The molecule has 1 aliphatic heterocycles. The van der Waals surface area contributed by atoms with Gasteiger partial charge in [0.25, 0.3) is 0 Å². The summed E-state index contributed by atoms with van der Waals surface area (Å²) in [5, 5.41) is 3.67. The van der Waals surface area contributed by atoms with Crippen molar-refractivity contribution in [2.24, 2.45) is 5.92 Å². The number of hydrogen-bond acceptors (Lipinski definition) is 3. The van der Waals surface area contributed by atoms with Gasteiger partial charge in [-0.05, 0) is 56.7 Å². The molecule has 2 heterocycles. The van der Waals surface area contributed by atoms with Gasteiger partial charge in [0.05, 0.1) is 11.7 Å². The van der Waals surface area contributed by atoms with Gasteiger partial charge in [0.2, 0.25) is 0 Å². The molecule has 3 heteroatoms. The molecule has 106 valence electrons. The van der Waals surface area contributed by atoms with Crippen LogP contribution in [0.4, 0.5) is 0 Å². The van der Waals surface area contributed by atoms with E-state index in [9.17, 15) is 0 Å². The zero-order valence-corrected chi connectivity index (χ0v) is 12.2. The third kappa shape index (κ3) is 4.29. The number of aryl methyl sites for hydroxylation is 1. The Kier molecular flexibility index (Phi) is 5.80. The largest absolute Gasteiger partial charge is 0.381 e. The van der Waals surface area contributed by atoms with Crippen molar-refractivity contribution in [3.63, 3.8) is 0 Å². The highest BCUT2D eigenvalue weighted by molar-refractivity contribution is 5.21. The molecule has 0 spiro atoms. The Labute approximate surface area is 116 Å². The minimum absolute atomic E-state index is 0.393. The Bertz CT molecular complexity index is 375. The highest BCUT2D eigenvalue weighted by Gasteiger charge is 2.21. The summed E-state index contributed by atoms with van der Waals surface area (Å²) in [6.45, 7) is 7.28. The first-order chi connectivity index (χ1) is 9.31. The maximum atomic E-state index is 5.46. The zero-order valence-electron chi connectivity index (χ0n) is 12.2. The number of hydrogen-bond donors (Lipinski definition) is 1. The van der Waals surface area contributed by atoms with Gasteiger partial charge in [0, 0.05) is 19.4 Å². The molecule has 0 radical (unpaired) electrons. The first kappa shape index (κ1) is 14.5. The second-order valence-electron chi connectivity index (χ2n) is 5.50. The second kappa shape index (κ2) is 7.61. The maximum Gasteiger partial charge on any atom is 0.0602 e. The summed E-state index contributed by atoms with van der Waals surface area (Å²) in [6.07, 6.45) is 6.64. The molecule has 19 heavy (non-hydrogen) atoms. The van der Waals surface area contributed by atoms with E-state index < -0.39 is 0 Å². The average Bonchev–Trinajstić information content (AvgIpc) is 2.45. The molecule has 0 aliphatic carbocycles. The van der Waals surface area contributed by atoms with Gasteiger partial charge < -0.3 is 10.1 Å². The van der Waals surface area contributed by atoms with Crippen LogP contribution in [0, 0.1) is 12.8 Å². The van der Waals surface area contributed by atoms with Crippen molar-refractivity contribution in [3.8, 4) is 0 Å². The third-order valence-electron chi connectivity index (χ3n) is 3.93. The molecule has 1 atom stereocenters. The fraction of sp³-hybridized carbons (Fsp3) is 0.688. The zero-order chi connectivity index (χ0) is 13.5. The summed E-state index contributed by atoms with van der Waals surface area (Å²) in [4.78, 5) is 4.60. The van der Waals surface area contributed by atoms with Crippen LogP contribution in [0.15, 0.2) is 18.3 Å². The number of nitrogens with zero attached hydrogens (tertiary/aromatic N) is 1. The first-order valence-corrected chi connectivity index (χ1v) is 7.54. The lowest BCUT2D eigenvalue weighted by Gasteiger charge is -2.27. The molecule has 1 aliphatic rings. The van der Waals surface area contributed by atoms with Crippen molar-refractivity contribution in [1.29, 1.82) is 0 Å². The van der Waals surface area contributed by atoms with Crippen LogP contribution in [0.5, 0.6) is 0 Å². The van der Waals surface area contributed by atoms with Crippen LogP contribution in [0.3, 0.4) is 0 Å². The predicted molar refractivity (Wildman–Crippen MR) is 78.2 cm³/mol. The molecular formula is C16H26N2O. The van der Waals surface area contributed by atoms with Crippen molar-refractivity contribution >= 4 is 0 Å². The van der Waals surface area contributed by atoms with Crippen LogP contribution in [-0.4, -0.2) is 24.7 Å². The van der Waals surface area contributed by atoms with Crippen LogP contribution in [-0.2, 0) is 4.74 Å². The van der Waals surface area contributed by atoms with Crippen LogP contribution in [0.25, 0.3) is 0 Å². The monoisotopic (exact) mass is 262 g/mol. The number of pyridine rings is 1. The Morgan fingerprint density at radius 1 is 1.42 bits per heavy atom. The van der Waals surface area contributed by atoms with Gasteiger partial charge in [-0.2, -0.15) is 0 Å². The summed E-state index contributed by atoms with van der Waals surface area (Å²) >= 11 is 0. The van der Waals surface area contributed by atoms with Crippen LogP contribution in [0.2, 0.25) is 0 Å². The summed E-state index contributed by atoms with van der Waals surface area (Å²) in [5.74, 6) is 0.768. The molecule has 0 aromatic carbocycles. The smallest absolute Gasteiger partial charge is 0.0602 e. The lowest BCUT2D eigenvalue weighted by molar-refractivity contribution is 0.0603. The van der Waals surface area contributed by atoms with E-state index in [1.54, 1.807) is 0 Å². The summed E-state index contributed by atoms with van der Waals surface area (Å²) in [6, 6.07) is 4.57. The third-order valence-corrected chi connectivity index (χ3v) is 3.93. The van der Waals surface area contributed by atoms with E-state index in [4.69, 9.17) is 4.74 Å². The second-order valence-corrected chi connectivity index (χ2v) is 5.50. The van der Waals surface area contributed by atoms with Gasteiger partial charge in [0.1, 0.15) is 0 Å². The molecule has 1 fully saturated rings. The number of nitrogens with one attached hydrogen (secondary N) is 1. The predicted octanol–water partition coefficient (Wildman–Crippen LogP) is 3.25. The van der Waals surface area contributed by atoms with Gasteiger partial charge >= 0.3 is 0 Å². The number of ether oxygens (including phenoxy) is 1. The fourth-order valence-corrected chi connectivity index (χ4v) is 2.79. The summed E-state index contributed by atoms with van der Waals surface area (Å²) < 4.78 is 5.46. The fourth-order valence-electron chi connectivity index (χ4n) is 2.79. The normalized spacial score (nSPS) is 18.4. The molecule has 1 aromatic rings.